The van der Waals surface area contributed by atoms with Crippen LogP contribution in [-0.2, 0) is 11.2 Å². The van der Waals surface area contributed by atoms with Crippen LogP contribution in [0.5, 0.6) is 5.75 Å². The molecule has 3 rings (SSSR count). The topological polar surface area (TPSA) is 26.3 Å². The molecule has 1 aliphatic rings. The van der Waals surface area contributed by atoms with Gasteiger partial charge in [-0.3, -0.25) is 4.79 Å². The lowest BCUT2D eigenvalue weighted by Crippen LogP contribution is -2.09. The van der Waals surface area contributed by atoms with Gasteiger partial charge in [0.25, 0.3) is 0 Å². The average Bonchev–Trinajstić information content (AvgIpc) is 2.79. The Bertz CT molecular complexity index is 634. The van der Waals surface area contributed by atoms with Gasteiger partial charge in [0.1, 0.15) is 5.75 Å². The number of thiol groups is 1. The lowest BCUT2D eigenvalue weighted by Gasteiger charge is -2.08. The van der Waals surface area contributed by atoms with E-state index in [1.165, 1.54) is 16.7 Å². The summed E-state index contributed by atoms with van der Waals surface area (Å²) in [4.78, 5) is 11.6. The van der Waals surface area contributed by atoms with E-state index in [9.17, 15) is 4.79 Å². The molecule has 0 spiro atoms. The summed E-state index contributed by atoms with van der Waals surface area (Å²) in [5.74, 6) is 0.966. The summed E-state index contributed by atoms with van der Waals surface area (Å²) >= 11 is 4.05. The van der Waals surface area contributed by atoms with Crippen molar-refractivity contribution in [2.45, 2.75) is 12.8 Å². The highest BCUT2D eigenvalue weighted by Crippen LogP contribution is 2.40. The minimum absolute atomic E-state index is 0.223. The summed E-state index contributed by atoms with van der Waals surface area (Å²) in [5.41, 5.74) is 4.81. The van der Waals surface area contributed by atoms with Crippen molar-refractivity contribution in [2.75, 3.05) is 5.75 Å². The molecule has 0 saturated heterocycles. The first-order chi connectivity index (χ1) is 9.29. The van der Waals surface area contributed by atoms with Crippen molar-refractivity contribution in [3.8, 4) is 16.9 Å². The Balaban J connectivity index is 1.97. The largest absolute Gasteiger partial charge is 0.426 e. The zero-order chi connectivity index (χ0) is 13.2. The monoisotopic (exact) mass is 270 g/mol. The van der Waals surface area contributed by atoms with E-state index in [-0.39, 0.29) is 5.97 Å². The summed E-state index contributed by atoms with van der Waals surface area (Å²) in [6.45, 7) is 0. The lowest BCUT2D eigenvalue weighted by molar-refractivity contribution is -0.133. The van der Waals surface area contributed by atoms with Gasteiger partial charge in [0.2, 0.25) is 0 Å². The lowest BCUT2D eigenvalue weighted by atomic mass is 10.1. The summed E-state index contributed by atoms with van der Waals surface area (Å²) in [6, 6.07) is 14.2. The number of carbonyl (C=O) groups excluding carboxylic acids is 1. The first-order valence-corrected chi connectivity index (χ1v) is 6.94. The fourth-order valence-corrected chi connectivity index (χ4v) is 2.67. The Morgan fingerprint density at radius 2 is 1.89 bits per heavy atom. The number of esters is 1. The molecule has 0 bridgehead atoms. The van der Waals surface area contributed by atoms with Gasteiger partial charge in [-0.25, -0.2) is 0 Å². The first kappa shape index (κ1) is 12.3. The Morgan fingerprint density at radius 1 is 1.11 bits per heavy atom. The molecule has 0 atom stereocenters. The van der Waals surface area contributed by atoms with Crippen molar-refractivity contribution in [2.24, 2.45) is 0 Å². The Hall–Kier alpha value is -1.74. The van der Waals surface area contributed by atoms with E-state index in [4.69, 9.17) is 4.74 Å². The number of ether oxygens (including phenoxy) is 1. The van der Waals surface area contributed by atoms with Crippen molar-refractivity contribution in [3.63, 3.8) is 0 Å². The fourth-order valence-electron chi connectivity index (χ4n) is 2.49. The quantitative estimate of drug-likeness (QED) is 0.448. The minimum Gasteiger partial charge on any atom is -0.426 e. The molecule has 0 aromatic heterocycles. The van der Waals surface area contributed by atoms with Crippen LogP contribution in [0.4, 0.5) is 0 Å². The maximum absolute atomic E-state index is 11.6. The van der Waals surface area contributed by atoms with E-state index in [1.807, 2.05) is 24.3 Å². The van der Waals surface area contributed by atoms with E-state index in [0.717, 1.165) is 12.0 Å². The highest BCUT2D eigenvalue weighted by atomic mass is 32.1. The predicted molar refractivity (Wildman–Crippen MR) is 78.8 cm³/mol. The second-order valence-corrected chi connectivity index (χ2v) is 5.01. The average molecular weight is 270 g/mol. The molecule has 0 unspecified atom stereocenters. The number of carbonyl (C=O) groups is 1. The maximum Gasteiger partial charge on any atom is 0.312 e. The van der Waals surface area contributed by atoms with Crippen molar-refractivity contribution in [1.29, 1.82) is 0 Å². The van der Waals surface area contributed by atoms with Crippen LogP contribution in [-0.4, -0.2) is 11.7 Å². The van der Waals surface area contributed by atoms with Crippen molar-refractivity contribution >= 4 is 18.6 Å². The SMILES string of the molecule is O=C(CCS)Oc1cccc2c1Cc1ccccc1-2. The number of hydrogen-bond donors (Lipinski definition) is 1. The molecule has 0 radical (unpaired) electrons. The molecule has 0 saturated carbocycles. The highest BCUT2D eigenvalue weighted by molar-refractivity contribution is 7.80. The third-order valence-electron chi connectivity index (χ3n) is 3.35. The second-order valence-electron chi connectivity index (χ2n) is 4.56. The number of rotatable bonds is 3. The fraction of sp³-hybridized carbons (Fsp3) is 0.188. The zero-order valence-electron chi connectivity index (χ0n) is 10.4. The number of hydrogen-bond acceptors (Lipinski definition) is 3. The van der Waals surface area contributed by atoms with E-state index in [0.29, 0.717) is 17.9 Å². The number of fused-ring (bicyclic) bond motifs is 3. The van der Waals surface area contributed by atoms with Crippen LogP contribution in [0, 0.1) is 0 Å². The van der Waals surface area contributed by atoms with Gasteiger partial charge in [-0.15, -0.1) is 0 Å². The smallest absolute Gasteiger partial charge is 0.312 e. The molecule has 1 aliphatic carbocycles. The third-order valence-corrected chi connectivity index (χ3v) is 3.57. The van der Waals surface area contributed by atoms with Crippen molar-refractivity contribution in [3.05, 3.63) is 53.6 Å². The van der Waals surface area contributed by atoms with Gasteiger partial charge in [-0.05, 0) is 22.8 Å². The van der Waals surface area contributed by atoms with Gasteiger partial charge in [0.15, 0.2) is 0 Å². The molecule has 19 heavy (non-hydrogen) atoms. The van der Waals surface area contributed by atoms with Crippen LogP contribution in [0.25, 0.3) is 11.1 Å². The zero-order valence-corrected chi connectivity index (χ0v) is 11.3. The van der Waals surface area contributed by atoms with Gasteiger partial charge < -0.3 is 4.74 Å². The molecular formula is C16H14O2S. The van der Waals surface area contributed by atoms with Crippen molar-refractivity contribution < 1.29 is 9.53 Å². The minimum atomic E-state index is -0.223. The van der Waals surface area contributed by atoms with Gasteiger partial charge in [-0.1, -0.05) is 36.4 Å². The summed E-state index contributed by atoms with van der Waals surface area (Å²) < 4.78 is 5.44. The molecular weight excluding hydrogens is 256 g/mol. The van der Waals surface area contributed by atoms with Gasteiger partial charge in [0, 0.05) is 17.7 Å². The Morgan fingerprint density at radius 3 is 2.74 bits per heavy atom. The molecule has 2 aromatic carbocycles. The molecule has 0 amide bonds. The van der Waals surface area contributed by atoms with Gasteiger partial charge in [-0.2, -0.15) is 12.6 Å². The van der Waals surface area contributed by atoms with E-state index >= 15 is 0 Å². The summed E-state index contributed by atoms with van der Waals surface area (Å²) in [7, 11) is 0. The molecule has 96 valence electrons. The summed E-state index contributed by atoms with van der Waals surface area (Å²) in [5, 5.41) is 0. The first-order valence-electron chi connectivity index (χ1n) is 6.31. The van der Waals surface area contributed by atoms with Crippen LogP contribution < -0.4 is 4.74 Å². The summed E-state index contributed by atoms with van der Waals surface area (Å²) in [6.07, 6.45) is 1.16. The van der Waals surface area contributed by atoms with Crippen LogP contribution in [0.1, 0.15) is 17.5 Å². The molecule has 2 nitrogen and oxygen atoms in total. The van der Waals surface area contributed by atoms with E-state index in [1.54, 1.807) is 0 Å². The molecule has 0 N–H and O–H groups in total. The van der Waals surface area contributed by atoms with E-state index < -0.39 is 0 Å². The molecule has 2 aromatic rings. The normalized spacial score (nSPS) is 11.8. The molecule has 0 aliphatic heterocycles. The van der Waals surface area contributed by atoms with Crippen molar-refractivity contribution in [1.82, 2.24) is 0 Å². The van der Waals surface area contributed by atoms with E-state index in [2.05, 4.69) is 30.8 Å². The second kappa shape index (κ2) is 5.10. The highest BCUT2D eigenvalue weighted by Gasteiger charge is 2.22. The predicted octanol–water partition coefficient (Wildman–Crippen LogP) is 3.48. The Labute approximate surface area is 117 Å². The van der Waals surface area contributed by atoms with Crippen LogP contribution in [0.15, 0.2) is 42.5 Å². The van der Waals surface area contributed by atoms with Crippen LogP contribution in [0.2, 0.25) is 0 Å². The third kappa shape index (κ3) is 2.26. The maximum atomic E-state index is 11.6. The van der Waals surface area contributed by atoms with Gasteiger partial charge in [0.05, 0.1) is 6.42 Å². The van der Waals surface area contributed by atoms with Crippen LogP contribution >= 0.6 is 12.6 Å². The standard InChI is InChI=1S/C16H14O2S/c17-16(8-9-19)18-15-7-3-6-13-12-5-2-1-4-11(12)10-14(13)15/h1-7,19H,8-10H2. The Kier molecular flexibility index (Phi) is 3.30. The molecule has 0 fully saturated rings. The molecule has 3 heteroatoms. The van der Waals surface area contributed by atoms with Crippen LogP contribution in [0.3, 0.4) is 0 Å². The number of benzene rings is 2. The molecule has 0 heterocycles. The van der Waals surface area contributed by atoms with Gasteiger partial charge >= 0.3 is 5.97 Å².